The molecule has 1 fully saturated rings. The topological polar surface area (TPSA) is 67.2 Å². The lowest BCUT2D eigenvalue weighted by Crippen LogP contribution is -2.40. The van der Waals surface area contributed by atoms with Crippen LogP contribution >= 0.6 is 0 Å². The molecule has 5 nitrogen and oxygen atoms in total. The Morgan fingerprint density at radius 2 is 2.24 bits per heavy atom. The van der Waals surface area contributed by atoms with E-state index in [2.05, 4.69) is 15.6 Å². The molecule has 0 radical (unpaired) electrons. The maximum atomic E-state index is 11.9. The number of nitrogens with one attached hydrogen (secondary N) is 2. The zero-order valence-electron chi connectivity index (χ0n) is 12.1. The van der Waals surface area contributed by atoms with E-state index in [0.717, 1.165) is 30.6 Å². The van der Waals surface area contributed by atoms with Crippen molar-refractivity contribution in [1.29, 1.82) is 0 Å². The summed E-state index contributed by atoms with van der Waals surface area (Å²) in [5.74, 6) is 0.616. The quantitative estimate of drug-likeness (QED) is 0.902. The molecule has 1 aromatic carbocycles. The second kappa shape index (κ2) is 6.10. The lowest BCUT2D eigenvalue weighted by Gasteiger charge is -2.09. The van der Waals surface area contributed by atoms with Crippen LogP contribution in [0.5, 0.6) is 0 Å². The average Bonchev–Trinajstić information content (AvgIpc) is 3.17. The van der Waals surface area contributed by atoms with Crippen LogP contribution in [0, 0.1) is 6.92 Å². The molecule has 110 valence electrons. The van der Waals surface area contributed by atoms with Gasteiger partial charge >= 0.3 is 0 Å². The molecule has 0 saturated carbocycles. The molecule has 1 amide bonds. The van der Waals surface area contributed by atoms with Crippen LogP contribution in [0.4, 0.5) is 0 Å². The highest BCUT2D eigenvalue weighted by Crippen LogP contribution is 2.19. The van der Waals surface area contributed by atoms with Gasteiger partial charge in [0.2, 0.25) is 11.8 Å². The molecule has 1 aromatic heterocycles. The summed E-state index contributed by atoms with van der Waals surface area (Å²) in [7, 11) is 0. The monoisotopic (exact) mass is 285 g/mol. The molecule has 2 heterocycles. The SMILES string of the molecule is Cc1ccc(-c2nc(CNC(=O)C3CCCN3)co2)cc1. The van der Waals surface area contributed by atoms with E-state index in [1.54, 1.807) is 6.26 Å². The van der Waals surface area contributed by atoms with E-state index >= 15 is 0 Å². The van der Waals surface area contributed by atoms with Crippen molar-refractivity contribution < 1.29 is 9.21 Å². The van der Waals surface area contributed by atoms with Gasteiger partial charge in [0.15, 0.2) is 0 Å². The lowest BCUT2D eigenvalue weighted by atomic mass is 10.1. The first kappa shape index (κ1) is 13.8. The Hall–Kier alpha value is -2.14. The Bertz CT molecular complexity index is 613. The van der Waals surface area contributed by atoms with Gasteiger partial charge in [-0.1, -0.05) is 17.7 Å². The predicted octanol–water partition coefficient (Wildman–Crippen LogP) is 2.02. The number of oxazole rings is 1. The largest absolute Gasteiger partial charge is 0.444 e. The number of hydrogen-bond acceptors (Lipinski definition) is 4. The fraction of sp³-hybridized carbons (Fsp3) is 0.375. The molecule has 1 atom stereocenters. The number of carbonyl (C=O) groups excluding carboxylic acids is 1. The van der Waals surface area contributed by atoms with Crippen molar-refractivity contribution in [3.05, 3.63) is 41.8 Å². The maximum Gasteiger partial charge on any atom is 0.237 e. The number of aryl methyl sites for hydroxylation is 1. The van der Waals surface area contributed by atoms with Gasteiger partial charge in [0.25, 0.3) is 0 Å². The molecule has 1 aliphatic rings. The summed E-state index contributed by atoms with van der Waals surface area (Å²) < 4.78 is 5.47. The first-order chi connectivity index (χ1) is 10.2. The van der Waals surface area contributed by atoms with Gasteiger partial charge in [-0.05, 0) is 38.4 Å². The number of rotatable bonds is 4. The van der Waals surface area contributed by atoms with Gasteiger partial charge in [0, 0.05) is 5.56 Å². The summed E-state index contributed by atoms with van der Waals surface area (Å²) in [6.07, 6.45) is 3.55. The molecule has 1 aliphatic heterocycles. The second-order valence-corrected chi connectivity index (χ2v) is 5.38. The normalized spacial score (nSPS) is 17.9. The Balaban J connectivity index is 1.60. The van der Waals surface area contributed by atoms with Crippen LogP contribution in [0.15, 0.2) is 34.9 Å². The van der Waals surface area contributed by atoms with Gasteiger partial charge in [0.05, 0.1) is 18.3 Å². The van der Waals surface area contributed by atoms with Crippen molar-refractivity contribution in [2.45, 2.75) is 32.4 Å². The van der Waals surface area contributed by atoms with Gasteiger partial charge in [-0.2, -0.15) is 0 Å². The van der Waals surface area contributed by atoms with Gasteiger partial charge in [-0.25, -0.2) is 4.98 Å². The molecule has 0 spiro atoms. The molecule has 21 heavy (non-hydrogen) atoms. The minimum atomic E-state index is -0.0616. The zero-order valence-corrected chi connectivity index (χ0v) is 12.1. The third kappa shape index (κ3) is 3.31. The highest BCUT2D eigenvalue weighted by atomic mass is 16.3. The van der Waals surface area contributed by atoms with E-state index in [1.807, 2.05) is 31.2 Å². The summed E-state index contributed by atoms with van der Waals surface area (Å²) in [4.78, 5) is 16.3. The first-order valence-corrected chi connectivity index (χ1v) is 7.25. The second-order valence-electron chi connectivity index (χ2n) is 5.38. The Morgan fingerprint density at radius 3 is 2.95 bits per heavy atom. The maximum absolute atomic E-state index is 11.9. The molecule has 0 aliphatic carbocycles. The highest BCUT2D eigenvalue weighted by Gasteiger charge is 2.21. The molecule has 1 unspecified atom stereocenters. The Morgan fingerprint density at radius 1 is 1.43 bits per heavy atom. The predicted molar refractivity (Wildman–Crippen MR) is 79.5 cm³/mol. The van der Waals surface area contributed by atoms with E-state index in [4.69, 9.17) is 4.42 Å². The summed E-state index contributed by atoms with van der Waals surface area (Å²) >= 11 is 0. The number of aromatic nitrogens is 1. The summed E-state index contributed by atoms with van der Waals surface area (Å²) in [5.41, 5.74) is 2.87. The lowest BCUT2D eigenvalue weighted by molar-refractivity contribution is -0.122. The molecule has 2 N–H and O–H groups in total. The van der Waals surface area contributed by atoms with E-state index in [-0.39, 0.29) is 11.9 Å². The van der Waals surface area contributed by atoms with E-state index in [0.29, 0.717) is 12.4 Å². The minimum absolute atomic E-state index is 0.0346. The molecule has 5 heteroatoms. The van der Waals surface area contributed by atoms with Gasteiger partial charge < -0.3 is 15.1 Å². The van der Waals surface area contributed by atoms with Crippen LogP contribution < -0.4 is 10.6 Å². The van der Waals surface area contributed by atoms with Crippen LogP contribution in [-0.2, 0) is 11.3 Å². The van der Waals surface area contributed by atoms with Crippen LogP contribution in [-0.4, -0.2) is 23.5 Å². The smallest absolute Gasteiger partial charge is 0.237 e. The van der Waals surface area contributed by atoms with Gasteiger partial charge in [-0.3, -0.25) is 4.79 Å². The van der Waals surface area contributed by atoms with Crippen molar-refractivity contribution in [2.75, 3.05) is 6.54 Å². The fourth-order valence-corrected chi connectivity index (χ4v) is 2.43. The molecular weight excluding hydrogens is 266 g/mol. The highest BCUT2D eigenvalue weighted by molar-refractivity contribution is 5.81. The number of nitrogens with zero attached hydrogens (tertiary/aromatic N) is 1. The van der Waals surface area contributed by atoms with Crippen molar-refractivity contribution in [3.63, 3.8) is 0 Å². The third-order valence-electron chi connectivity index (χ3n) is 3.67. The Labute approximate surface area is 123 Å². The number of hydrogen-bond donors (Lipinski definition) is 2. The Kier molecular flexibility index (Phi) is 4.01. The third-order valence-corrected chi connectivity index (χ3v) is 3.67. The molecule has 2 aromatic rings. The van der Waals surface area contributed by atoms with Crippen LogP contribution in [0.25, 0.3) is 11.5 Å². The van der Waals surface area contributed by atoms with Gasteiger partial charge in [-0.15, -0.1) is 0 Å². The first-order valence-electron chi connectivity index (χ1n) is 7.25. The van der Waals surface area contributed by atoms with Crippen LogP contribution in [0.1, 0.15) is 24.1 Å². The molecule has 3 rings (SSSR count). The minimum Gasteiger partial charge on any atom is -0.444 e. The average molecular weight is 285 g/mol. The summed E-state index contributed by atoms with van der Waals surface area (Å²) in [5, 5.41) is 6.06. The van der Waals surface area contributed by atoms with Crippen molar-refractivity contribution in [2.24, 2.45) is 0 Å². The fourth-order valence-electron chi connectivity index (χ4n) is 2.43. The summed E-state index contributed by atoms with van der Waals surface area (Å²) in [6, 6.07) is 7.94. The molecular formula is C16H19N3O2. The van der Waals surface area contributed by atoms with Crippen molar-refractivity contribution in [3.8, 4) is 11.5 Å². The van der Waals surface area contributed by atoms with E-state index in [1.165, 1.54) is 5.56 Å². The van der Waals surface area contributed by atoms with Crippen LogP contribution in [0.3, 0.4) is 0 Å². The van der Waals surface area contributed by atoms with E-state index < -0.39 is 0 Å². The standard InChI is InChI=1S/C16H19N3O2/c1-11-4-6-12(7-5-11)16-19-13(10-21-16)9-18-15(20)14-3-2-8-17-14/h4-7,10,14,17H,2-3,8-9H2,1H3,(H,18,20). The van der Waals surface area contributed by atoms with Gasteiger partial charge in [0.1, 0.15) is 6.26 Å². The number of amides is 1. The van der Waals surface area contributed by atoms with Crippen molar-refractivity contribution >= 4 is 5.91 Å². The zero-order chi connectivity index (χ0) is 14.7. The molecule has 1 saturated heterocycles. The number of carbonyl (C=O) groups is 1. The molecule has 0 bridgehead atoms. The summed E-state index contributed by atoms with van der Waals surface area (Å²) in [6.45, 7) is 3.35. The van der Waals surface area contributed by atoms with Crippen LogP contribution in [0.2, 0.25) is 0 Å². The van der Waals surface area contributed by atoms with E-state index in [9.17, 15) is 4.79 Å². The van der Waals surface area contributed by atoms with Crippen molar-refractivity contribution in [1.82, 2.24) is 15.6 Å². The number of benzene rings is 1.